The van der Waals surface area contributed by atoms with Crippen molar-refractivity contribution in [3.05, 3.63) is 41.5 Å². The summed E-state index contributed by atoms with van der Waals surface area (Å²) in [4.78, 5) is 22.2. The van der Waals surface area contributed by atoms with Crippen molar-refractivity contribution in [2.24, 2.45) is 0 Å². The van der Waals surface area contributed by atoms with Crippen LogP contribution in [0.15, 0.2) is 30.3 Å². The van der Waals surface area contributed by atoms with E-state index in [2.05, 4.69) is 0 Å². The van der Waals surface area contributed by atoms with Gasteiger partial charge in [-0.25, -0.2) is 0 Å². The molecule has 14 heteroatoms. The van der Waals surface area contributed by atoms with E-state index in [-0.39, 0.29) is 31.5 Å². The third kappa shape index (κ3) is 5.69. The highest BCUT2D eigenvalue weighted by Crippen LogP contribution is 2.56. The standard InChI is InChI=1S/C27H30O14/c1-35-16-5-4-13-15-10-37-17-8-12(2-3-14(17)24(15)41-25(13)26(16)36-7-6-28)39-27-23(34)22(33)21(32)18(40-27)11-38-20(31)9-19(29)30/h2-5,8,15,18,21-24,27-28,32-34H,6-7,9-11H2,1H3,(H,29,30)/t15-,18+,21+,22-,23+,24+,27-/m0/s1. The van der Waals surface area contributed by atoms with Gasteiger partial charge in [0.05, 0.1) is 26.2 Å². The average Bonchev–Trinajstić information content (AvgIpc) is 3.34. The highest BCUT2D eigenvalue weighted by molar-refractivity contribution is 5.90. The first-order valence-corrected chi connectivity index (χ1v) is 12.8. The Hall–Kier alpha value is -3.82. The minimum atomic E-state index is -1.70. The molecule has 0 aromatic heterocycles. The minimum Gasteiger partial charge on any atom is -0.493 e. The Morgan fingerprint density at radius 1 is 1.05 bits per heavy atom. The summed E-state index contributed by atoms with van der Waals surface area (Å²) >= 11 is 0. The quantitative estimate of drug-likeness (QED) is 0.185. The normalized spacial score (nSPS) is 27.8. The zero-order chi connectivity index (χ0) is 29.3. The van der Waals surface area contributed by atoms with Crippen molar-refractivity contribution in [3.8, 4) is 28.7 Å². The number of aliphatic carboxylic acids is 1. The van der Waals surface area contributed by atoms with Gasteiger partial charge in [0.15, 0.2) is 11.5 Å². The van der Waals surface area contributed by atoms with E-state index in [1.165, 1.54) is 7.11 Å². The van der Waals surface area contributed by atoms with E-state index in [0.29, 0.717) is 23.0 Å². The van der Waals surface area contributed by atoms with Crippen LogP contribution in [0.25, 0.3) is 0 Å². The molecule has 3 aliphatic rings. The number of hydrogen-bond donors (Lipinski definition) is 5. The second-order valence-corrected chi connectivity index (χ2v) is 9.63. The number of carboxylic acid groups (broad SMARTS) is 1. The molecule has 14 nitrogen and oxygen atoms in total. The van der Waals surface area contributed by atoms with Gasteiger partial charge < -0.3 is 58.7 Å². The van der Waals surface area contributed by atoms with E-state index in [0.717, 1.165) is 11.1 Å². The van der Waals surface area contributed by atoms with Gasteiger partial charge in [-0.2, -0.15) is 0 Å². The van der Waals surface area contributed by atoms with Crippen LogP contribution in [0.4, 0.5) is 0 Å². The molecule has 0 bridgehead atoms. The molecule has 1 saturated heterocycles. The molecule has 41 heavy (non-hydrogen) atoms. The lowest BCUT2D eigenvalue weighted by molar-refractivity contribution is -0.278. The van der Waals surface area contributed by atoms with E-state index >= 15 is 0 Å². The minimum absolute atomic E-state index is 0.0612. The van der Waals surface area contributed by atoms with Gasteiger partial charge in [0.25, 0.3) is 0 Å². The second kappa shape index (κ2) is 12.0. The second-order valence-electron chi connectivity index (χ2n) is 9.63. The Morgan fingerprint density at radius 3 is 2.56 bits per heavy atom. The highest BCUT2D eigenvalue weighted by Gasteiger charge is 2.46. The van der Waals surface area contributed by atoms with E-state index < -0.39 is 61.8 Å². The van der Waals surface area contributed by atoms with Crippen molar-refractivity contribution in [3.63, 3.8) is 0 Å². The van der Waals surface area contributed by atoms with Crippen molar-refractivity contribution in [1.29, 1.82) is 0 Å². The first kappa shape index (κ1) is 28.7. The molecular weight excluding hydrogens is 548 g/mol. The maximum atomic E-state index is 11.6. The lowest BCUT2D eigenvalue weighted by atomic mass is 9.89. The predicted octanol–water partition coefficient (Wildman–Crippen LogP) is -0.120. The van der Waals surface area contributed by atoms with Crippen molar-refractivity contribution in [2.75, 3.05) is 33.5 Å². The van der Waals surface area contributed by atoms with E-state index in [1.807, 2.05) is 6.07 Å². The summed E-state index contributed by atoms with van der Waals surface area (Å²) in [5, 5.41) is 48.9. The molecule has 0 unspecified atom stereocenters. The number of carbonyl (C=O) groups is 2. The van der Waals surface area contributed by atoms with E-state index in [9.17, 15) is 30.0 Å². The number of esters is 1. The summed E-state index contributed by atoms with van der Waals surface area (Å²) in [5.41, 5.74) is 1.59. The van der Waals surface area contributed by atoms with Gasteiger partial charge in [-0.1, -0.05) is 6.07 Å². The Morgan fingerprint density at radius 2 is 1.83 bits per heavy atom. The van der Waals surface area contributed by atoms with Crippen LogP contribution in [-0.2, 0) is 19.1 Å². The first-order chi connectivity index (χ1) is 19.7. The summed E-state index contributed by atoms with van der Waals surface area (Å²) < 4.78 is 39.6. The molecule has 3 aliphatic heterocycles. The highest BCUT2D eigenvalue weighted by atomic mass is 16.7. The van der Waals surface area contributed by atoms with Crippen LogP contribution >= 0.6 is 0 Å². The molecule has 3 heterocycles. The van der Waals surface area contributed by atoms with Gasteiger partial charge in [-0.15, -0.1) is 0 Å². The molecule has 0 spiro atoms. The fourth-order valence-corrected chi connectivity index (χ4v) is 5.01. The van der Waals surface area contributed by atoms with Crippen molar-refractivity contribution < 1.29 is 68.3 Å². The van der Waals surface area contributed by atoms with Gasteiger partial charge in [-0.3, -0.25) is 9.59 Å². The van der Waals surface area contributed by atoms with Crippen LogP contribution in [0.3, 0.4) is 0 Å². The fourth-order valence-electron chi connectivity index (χ4n) is 5.01. The first-order valence-electron chi connectivity index (χ1n) is 12.8. The summed E-state index contributed by atoms with van der Waals surface area (Å²) in [6.07, 6.45) is -9.04. The molecule has 7 atom stereocenters. The van der Waals surface area contributed by atoms with Gasteiger partial charge in [0, 0.05) is 17.2 Å². The van der Waals surface area contributed by atoms with Gasteiger partial charge >= 0.3 is 11.9 Å². The van der Waals surface area contributed by atoms with Crippen LogP contribution in [0.2, 0.25) is 0 Å². The van der Waals surface area contributed by atoms with Crippen molar-refractivity contribution >= 4 is 11.9 Å². The van der Waals surface area contributed by atoms with Crippen LogP contribution in [0.1, 0.15) is 29.6 Å². The maximum Gasteiger partial charge on any atom is 0.317 e. The Bertz CT molecular complexity index is 1280. The molecule has 0 radical (unpaired) electrons. The molecule has 2 aromatic carbocycles. The number of carboxylic acids is 1. The predicted molar refractivity (Wildman–Crippen MR) is 134 cm³/mol. The number of methoxy groups -OCH3 is 1. The Labute approximate surface area is 233 Å². The number of fused-ring (bicyclic) bond motifs is 5. The molecule has 5 rings (SSSR count). The maximum absolute atomic E-state index is 11.6. The lowest BCUT2D eigenvalue weighted by Crippen LogP contribution is -2.60. The third-order valence-corrected chi connectivity index (χ3v) is 7.01. The molecule has 2 aromatic rings. The number of hydrogen-bond acceptors (Lipinski definition) is 13. The van der Waals surface area contributed by atoms with Gasteiger partial charge in [0.1, 0.15) is 61.7 Å². The summed E-state index contributed by atoms with van der Waals surface area (Å²) in [6, 6.07) is 8.54. The van der Waals surface area contributed by atoms with Gasteiger partial charge in [0.2, 0.25) is 12.0 Å². The molecule has 1 fully saturated rings. The Kier molecular flexibility index (Phi) is 8.37. The van der Waals surface area contributed by atoms with E-state index in [1.54, 1.807) is 24.3 Å². The van der Waals surface area contributed by atoms with E-state index in [4.69, 9.17) is 38.3 Å². The SMILES string of the molecule is COc1ccc2c(c1OCCO)O[C@@H]1c3ccc(O[C@H]4O[C@H](COC(=O)CC(=O)O)[C@@H](O)[C@H](O)[C@H]4O)cc3OC[C@@H]21. The molecule has 5 N–H and O–H groups in total. The van der Waals surface area contributed by atoms with Crippen molar-refractivity contribution in [2.45, 2.75) is 49.1 Å². The van der Waals surface area contributed by atoms with Crippen LogP contribution in [-0.4, -0.2) is 102 Å². The fraction of sp³-hybridized carbons (Fsp3) is 0.481. The number of carbonyl (C=O) groups excluding carboxylic acids is 1. The molecule has 0 amide bonds. The third-order valence-electron chi connectivity index (χ3n) is 7.01. The molecule has 222 valence electrons. The Balaban J connectivity index is 1.30. The molecule has 0 saturated carbocycles. The van der Waals surface area contributed by atoms with Crippen molar-refractivity contribution in [1.82, 2.24) is 0 Å². The zero-order valence-electron chi connectivity index (χ0n) is 21.9. The largest absolute Gasteiger partial charge is 0.493 e. The topological polar surface area (TPSA) is 200 Å². The molecule has 0 aliphatic carbocycles. The average molecular weight is 579 g/mol. The number of ether oxygens (including phenoxy) is 7. The summed E-state index contributed by atoms with van der Waals surface area (Å²) in [5.74, 6) is -0.566. The summed E-state index contributed by atoms with van der Waals surface area (Å²) in [6.45, 7) is -0.413. The number of benzene rings is 2. The molecular formula is C27H30O14. The monoisotopic (exact) mass is 578 g/mol. The zero-order valence-corrected chi connectivity index (χ0v) is 21.9. The smallest absolute Gasteiger partial charge is 0.317 e. The van der Waals surface area contributed by atoms with Crippen LogP contribution < -0.4 is 23.7 Å². The summed E-state index contributed by atoms with van der Waals surface area (Å²) in [7, 11) is 1.51. The van der Waals surface area contributed by atoms with Crippen LogP contribution in [0, 0.1) is 0 Å². The van der Waals surface area contributed by atoms with Crippen LogP contribution in [0.5, 0.6) is 28.7 Å². The van der Waals surface area contributed by atoms with Gasteiger partial charge in [-0.05, 0) is 18.2 Å². The number of aliphatic hydroxyl groups is 4. The number of aliphatic hydroxyl groups excluding tert-OH is 4. The number of rotatable bonds is 10. The lowest BCUT2D eigenvalue weighted by Gasteiger charge is -2.40.